The molecule has 1 aliphatic rings. The molecule has 5 nitrogen and oxygen atoms in total. The van der Waals surface area contributed by atoms with Gasteiger partial charge in [-0.3, -0.25) is 0 Å². The summed E-state index contributed by atoms with van der Waals surface area (Å²) < 4.78 is 23.5. The second kappa shape index (κ2) is 9.20. The van der Waals surface area contributed by atoms with Crippen molar-refractivity contribution in [3.63, 3.8) is 0 Å². The lowest BCUT2D eigenvalue weighted by molar-refractivity contribution is 0.174. The van der Waals surface area contributed by atoms with E-state index < -0.39 is 0 Å². The lowest BCUT2D eigenvalue weighted by Gasteiger charge is -2.17. The van der Waals surface area contributed by atoms with Crippen LogP contribution in [0.1, 0.15) is 16.7 Å². The lowest BCUT2D eigenvalue weighted by Crippen LogP contribution is -2.14. The normalized spacial score (nSPS) is 12.1. The van der Waals surface area contributed by atoms with Crippen LogP contribution >= 0.6 is 15.9 Å². The van der Waals surface area contributed by atoms with Crippen LogP contribution in [-0.4, -0.2) is 13.9 Å². The van der Waals surface area contributed by atoms with E-state index in [0.29, 0.717) is 25.4 Å². The monoisotopic (exact) mass is 455 g/mol. The van der Waals surface area contributed by atoms with Gasteiger partial charge in [0.15, 0.2) is 23.0 Å². The zero-order valence-electron chi connectivity index (χ0n) is 16.1. The Kier molecular flexibility index (Phi) is 6.22. The van der Waals surface area contributed by atoms with Gasteiger partial charge in [0.25, 0.3) is 0 Å². The molecular weight excluding hydrogens is 434 g/mol. The van der Waals surface area contributed by atoms with E-state index in [2.05, 4.69) is 27.3 Å². The average molecular weight is 456 g/mol. The van der Waals surface area contributed by atoms with Gasteiger partial charge in [0.05, 0.1) is 7.11 Å². The molecule has 29 heavy (non-hydrogen) atoms. The predicted octanol–water partition coefficient (Wildman–Crippen LogP) is 5.06. The predicted molar refractivity (Wildman–Crippen MR) is 115 cm³/mol. The molecular formula is C23H22BrNO4. The van der Waals surface area contributed by atoms with Gasteiger partial charge in [0.2, 0.25) is 6.79 Å². The first-order valence-corrected chi connectivity index (χ1v) is 10.1. The molecule has 0 atom stereocenters. The zero-order chi connectivity index (χ0) is 20.1. The molecule has 0 unspecified atom stereocenters. The Bertz CT molecular complexity index is 978. The number of methoxy groups -OCH3 is 1. The minimum absolute atomic E-state index is 0.284. The first kappa shape index (κ1) is 19.6. The van der Waals surface area contributed by atoms with Gasteiger partial charge in [-0.1, -0.05) is 52.3 Å². The van der Waals surface area contributed by atoms with E-state index >= 15 is 0 Å². The molecule has 0 spiro atoms. The summed E-state index contributed by atoms with van der Waals surface area (Å²) in [6.07, 6.45) is 0. The third-order valence-corrected chi connectivity index (χ3v) is 5.08. The maximum absolute atomic E-state index is 6.14. The standard InChI is InChI=1S/C23H22BrNO4/c1-26-22-11-19(24)10-18(23(22)27-14-16-5-3-2-4-6-16)13-25-12-17-7-8-20-21(9-17)29-15-28-20/h2-11,25H,12-15H2,1H3. The summed E-state index contributed by atoms with van der Waals surface area (Å²) in [7, 11) is 1.65. The summed E-state index contributed by atoms with van der Waals surface area (Å²) in [6, 6.07) is 20.0. The van der Waals surface area contributed by atoms with E-state index in [1.165, 1.54) is 0 Å². The highest BCUT2D eigenvalue weighted by Gasteiger charge is 2.15. The van der Waals surface area contributed by atoms with Gasteiger partial charge in [0.1, 0.15) is 6.61 Å². The molecule has 0 aliphatic carbocycles. The van der Waals surface area contributed by atoms with E-state index in [1.54, 1.807) is 7.11 Å². The van der Waals surface area contributed by atoms with E-state index in [0.717, 1.165) is 38.4 Å². The van der Waals surface area contributed by atoms with Crippen LogP contribution in [0.4, 0.5) is 0 Å². The topological polar surface area (TPSA) is 49.0 Å². The van der Waals surface area contributed by atoms with Crippen LogP contribution in [-0.2, 0) is 19.7 Å². The van der Waals surface area contributed by atoms with Crippen LogP contribution in [0.5, 0.6) is 23.0 Å². The molecule has 0 radical (unpaired) electrons. The van der Waals surface area contributed by atoms with Crippen molar-refractivity contribution in [2.24, 2.45) is 0 Å². The van der Waals surface area contributed by atoms with Crippen molar-refractivity contribution in [3.8, 4) is 23.0 Å². The number of benzene rings is 3. The van der Waals surface area contributed by atoms with Crippen molar-refractivity contribution in [1.82, 2.24) is 5.32 Å². The summed E-state index contributed by atoms with van der Waals surface area (Å²) >= 11 is 3.56. The molecule has 0 fully saturated rings. The number of hydrogen-bond acceptors (Lipinski definition) is 5. The molecule has 0 aromatic heterocycles. The molecule has 0 saturated carbocycles. The van der Waals surface area contributed by atoms with E-state index in [1.807, 2.05) is 54.6 Å². The Morgan fingerprint density at radius 1 is 0.931 bits per heavy atom. The van der Waals surface area contributed by atoms with E-state index in [9.17, 15) is 0 Å². The third kappa shape index (κ3) is 4.83. The Hall–Kier alpha value is -2.70. The smallest absolute Gasteiger partial charge is 0.231 e. The van der Waals surface area contributed by atoms with Crippen molar-refractivity contribution in [1.29, 1.82) is 0 Å². The van der Waals surface area contributed by atoms with Gasteiger partial charge in [-0.25, -0.2) is 0 Å². The molecule has 150 valence electrons. The van der Waals surface area contributed by atoms with Crippen molar-refractivity contribution in [3.05, 3.63) is 81.8 Å². The van der Waals surface area contributed by atoms with Crippen LogP contribution in [0.2, 0.25) is 0 Å². The number of ether oxygens (including phenoxy) is 4. The van der Waals surface area contributed by atoms with Crippen LogP contribution in [0.25, 0.3) is 0 Å². The van der Waals surface area contributed by atoms with Crippen molar-refractivity contribution in [2.45, 2.75) is 19.7 Å². The third-order valence-electron chi connectivity index (χ3n) is 4.62. The number of rotatable bonds is 8. The van der Waals surface area contributed by atoms with E-state index in [4.69, 9.17) is 18.9 Å². The van der Waals surface area contributed by atoms with Gasteiger partial charge in [-0.2, -0.15) is 0 Å². The van der Waals surface area contributed by atoms with Crippen LogP contribution in [0.15, 0.2) is 65.1 Å². The summed E-state index contributed by atoms with van der Waals surface area (Å²) in [5.41, 5.74) is 3.26. The number of fused-ring (bicyclic) bond motifs is 1. The van der Waals surface area contributed by atoms with Crippen LogP contribution in [0.3, 0.4) is 0 Å². The van der Waals surface area contributed by atoms with Crippen LogP contribution < -0.4 is 24.3 Å². The van der Waals surface area contributed by atoms with Gasteiger partial charge < -0.3 is 24.3 Å². The highest BCUT2D eigenvalue weighted by molar-refractivity contribution is 9.10. The van der Waals surface area contributed by atoms with Gasteiger partial charge >= 0.3 is 0 Å². The molecule has 3 aromatic rings. The SMILES string of the molecule is COc1cc(Br)cc(CNCc2ccc3c(c2)OCO3)c1OCc1ccccc1. The fraction of sp³-hybridized carbons (Fsp3) is 0.217. The van der Waals surface area contributed by atoms with Crippen molar-refractivity contribution in [2.75, 3.05) is 13.9 Å². The molecule has 0 amide bonds. The highest BCUT2D eigenvalue weighted by atomic mass is 79.9. The summed E-state index contributed by atoms with van der Waals surface area (Å²) in [5.74, 6) is 3.04. The summed E-state index contributed by atoms with van der Waals surface area (Å²) in [6.45, 7) is 2.10. The molecule has 1 aliphatic heterocycles. The number of halogens is 1. The second-order valence-corrected chi connectivity index (χ2v) is 7.58. The molecule has 3 aromatic carbocycles. The average Bonchev–Trinajstić information content (AvgIpc) is 3.21. The summed E-state index contributed by atoms with van der Waals surface area (Å²) in [4.78, 5) is 0. The molecule has 0 bridgehead atoms. The first-order valence-electron chi connectivity index (χ1n) is 9.35. The lowest BCUT2D eigenvalue weighted by atomic mass is 10.1. The number of hydrogen-bond donors (Lipinski definition) is 1. The largest absolute Gasteiger partial charge is 0.493 e. The van der Waals surface area contributed by atoms with E-state index in [-0.39, 0.29) is 6.79 Å². The Morgan fingerprint density at radius 3 is 2.59 bits per heavy atom. The quantitative estimate of drug-likeness (QED) is 0.514. The van der Waals surface area contributed by atoms with Crippen LogP contribution in [0, 0.1) is 0 Å². The Labute approximate surface area is 178 Å². The van der Waals surface area contributed by atoms with Crippen molar-refractivity contribution < 1.29 is 18.9 Å². The van der Waals surface area contributed by atoms with Crippen molar-refractivity contribution >= 4 is 15.9 Å². The molecule has 0 saturated heterocycles. The zero-order valence-corrected chi connectivity index (χ0v) is 17.7. The minimum Gasteiger partial charge on any atom is -0.493 e. The summed E-state index contributed by atoms with van der Waals surface area (Å²) in [5, 5.41) is 3.47. The van der Waals surface area contributed by atoms with Gasteiger partial charge in [-0.05, 0) is 35.4 Å². The number of nitrogens with one attached hydrogen (secondary N) is 1. The Balaban J connectivity index is 1.46. The minimum atomic E-state index is 0.284. The molecule has 1 N–H and O–H groups in total. The fourth-order valence-corrected chi connectivity index (χ4v) is 3.68. The Morgan fingerprint density at radius 2 is 1.76 bits per heavy atom. The maximum atomic E-state index is 6.14. The van der Waals surface area contributed by atoms with Gasteiger partial charge in [0, 0.05) is 23.1 Å². The highest BCUT2D eigenvalue weighted by Crippen LogP contribution is 2.36. The molecule has 1 heterocycles. The molecule has 4 rings (SSSR count). The molecule has 6 heteroatoms. The maximum Gasteiger partial charge on any atom is 0.231 e. The second-order valence-electron chi connectivity index (χ2n) is 6.66. The van der Waals surface area contributed by atoms with Gasteiger partial charge in [-0.15, -0.1) is 0 Å². The fourth-order valence-electron chi connectivity index (χ4n) is 3.19. The first-order chi connectivity index (χ1) is 14.2.